The SMILES string of the molecule is C[C@H](NC(=O)O)[C@H](Nc1nc(Nc2ccc3c(c2)c(N(C)C)nn3C)c(C#N)cc1F)c1ccc(F)c(F)c1. The van der Waals surface area contributed by atoms with Gasteiger partial charge in [0.15, 0.2) is 34.9 Å². The van der Waals surface area contributed by atoms with Crippen LogP contribution in [0, 0.1) is 28.8 Å². The molecule has 0 fully saturated rings. The van der Waals surface area contributed by atoms with Crippen LogP contribution < -0.4 is 20.9 Å². The molecule has 4 rings (SSSR count). The van der Waals surface area contributed by atoms with E-state index in [1.807, 2.05) is 44.2 Å². The van der Waals surface area contributed by atoms with Gasteiger partial charge in [-0.2, -0.15) is 10.4 Å². The molecule has 0 aliphatic rings. The molecule has 0 saturated carbocycles. The van der Waals surface area contributed by atoms with Gasteiger partial charge in [0, 0.05) is 32.2 Å². The third-order valence-electron chi connectivity index (χ3n) is 6.06. The first-order chi connectivity index (χ1) is 18.5. The fourth-order valence-electron chi connectivity index (χ4n) is 4.19. The Hall–Kier alpha value is -4.99. The maximum atomic E-state index is 15.1. The summed E-state index contributed by atoms with van der Waals surface area (Å²) >= 11 is 0. The molecule has 2 atom stereocenters. The first-order valence-electron chi connectivity index (χ1n) is 11.7. The van der Waals surface area contributed by atoms with Crippen LogP contribution in [0.25, 0.3) is 10.9 Å². The predicted octanol–water partition coefficient (Wildman–Crippen LogP) is 4.88. The van der Waals surface area contributed by atoms with E-state index in [0.29, 0.717) is 5.69 Å². The smallest absolute Gasteiger partial charge is 0.404 e. The molecule has 2 heterocycles. The molecule has 0 bridgehead atoms. The van der Waals surface area contributed by atoms with E-state index in [2.05, 4.69) is 26.0 Å². The summed E-state index contributed by atoms with van der Waals surface area (Å²) in [5.41, 5.74) is 1.48. The van der Waals surface area contributed by atoms with Crippen LogP contribution in [0.1, 0.15) is 24.1 Å². The van der Waals surface area contributed by atoms with Crippen molar-refractivity contribution < 1.29 is 23.1 Å². The van der Waals surface area contributed by atoms with E-state index in [-0.39, 0.29) is 22.8 Å². The second-order valence-corrected chi connectivity index (χ2v) is 9.06. The van der Waals surface area contributed by atoms with Gasteiger partial charge in [-0.1, -0.05) is 6.07 Å². The molecule has 10 nitrogen and oxygen atoms in total. The van der Waals surface area contributed by atoms with E-state index >= 15 is 4.39 Å². The van der Waals surface area contributed by atoms with E-state index in [0.717, 1.165) is 34.9 Å². The zero-order valence-corrected chi connectivity index (χ0v) is 21.4. The Morgan fingerprint density at radius 1 is 1.08 bits per heavy atom. The first-order valence-corrected chi connectivity index (χ1v) is 11.7. The van der Waals surface area contributed by atoms with Gasteiger partial charge < -0.3 is 26.0 Å². The van der Waals surface area contributed by atoms with Crippen molar-refractivity contribution in [3.63, 3.8) is 0 Å². The van der Waals surface area contributed by atoms with Gasteiger partial charge in [0.1, 0.15) is 6.07 Å². The minimum absolute atomic E-state index is 0.0268. The number of nitrogens with zero attached hydrogens (tertiary/aromatic N) is 5. The lowest BCUT2D eigenvalue weighted by Gasteiger charge is -2.26. The number of anilines is 4. The molecular weight excluding hydrogens is 513 g/mol. The number of rotatable bonds is 8. The molecule has 4 aromatic rings. The number of amides is 1. The number of carboxylic acid groups (broad SMARTS) is 1. The highest BCUT2D eigenvalue weighted by molar-refractivity contribution is 5.93. The van der Waals surface area contributed by atoms with Gasteiger partial charge in [-0.25, -0.2) is 22.9 Å². The maximum absolute atomic E-state index is 15.1. The molecule has 1 amide bonds. The van der Waals surface area contributed by atoms with Crippen molar-refractivity contribution in [1.29, 1.82) is 5.26 Å². The van der Waals surface area contributed by atoms with Crippen LogP contribution in [-0.2, 0) is 7.05 Å². The zero-order valence-electron chi connectivity index (χ0n) is 21.4. The van der Waals surface area contributed by atoms with E-state index < -0.39 is 35.6 Å². The van der Waals surface area contributed by atoms with Crippen molar-refractivity contribution in [3.8, 4) is 6.07 Å². The molecule has 202 valence electrons. The number of fused-ring (bicyclic) bond motifs is 1. The summed E-state index contributed by atoms with van der Waals surface area (Å²) in [6.45, 7) is 1.47. The molecule has 0 spiro atoms. The van der Waals surface area contributed by atoms with E-state index in [1.54, 1.807) is 10.7 Å². The van der Waals surface area contributed by atoms with Crippen LogP contribution in [0.3, 0.4) is 0 Å². The number of pyridine rings is 1. The van der Waals surface area contributed by atoms with Crippen LogP contribution in [0.5, 0.6) is 0 Å². The third kappa shape index (κ3) is 5.64. The van der Waals surface area contributed by atoms with Gasteiger partial charge in [-0.3, -0.25) is 4.68 Å². The molecule has 0 saturated heterocycles. The number of nitrogens with one attached hydrogen (secondary N) is 3. The molecule has 0 aliphatic carbocycles. The number of benzene rings is 2. The minimum atomic E-state index is -1.37. The highest BCUT2D eigenvalue weighted by Gasteiger charge is 2.25. The van der Waals surface area contributed by atoms with E-state index in [9.17, 15) is 23.9 Å². The largest absolute Gasteiger partial charge is 0.465 e. The van der Waals surface area contributed by atoms with Gasteiger partial charge in [0.05, 0.1) is 23.2 Å². The minimum Gasteiger partial charge on any atom is -0.465 e. The van der Waals surface area contributed by atoms with Crippen molar-refractivity contribution in [2.45, 2.75) is 19.0 Å². The van der Waals surface area contributed by atoms with Crippen molar-refractivity contribution in [2.75, 3.05) is 29.6 Å². The van der Waals surface area contributed by atoms with Crippen molar-refractivity contribution in [1.82, 2.24) is 20.1 Å². The van der Waals surface area contributed by atoms with Crippen LogP contribution in [0.2, 0.25) is 0 Å². The Morgan fingerprint density at radius 3 is 2.46 bits per heavy atom. The third-order valence-corrected chi connectivity index (χ3v) is 6.06. The van der Waals surface area contributed by atoms with E-state index in [1.165, 1.54) is 13.0 Å². The van der Waals surface area contributed by atoms with Gasteiger partial charge in [-0.15, -0.1) is 0 Å². The summed E-state index contributed by atoms with van der Waals surface area (Å²) in [6.07, 6.45) is -1.37. The topological polar surface area (TPSA) is 131 Å². The fraction of sp³-hybridized carbons (Fsp3) is 0.231. The highest BCUT2D eigenvalue weighted by Crippen LogP contribution is 2.31. The van der Waals surface area contributed by atoms with Crippen molar-refractivity contribution in [2.24, 2.45) is 7.05 Å². The second kappa shape index (κ2) is 10.8. The molecule has 0 radical (unpaired) electrons. The Bertz CT molecular complexity index is 1600. The summed E-state index contributed by atoms with van der Waals surface area (Å²) in [4.78, 5) is 17.4. The van der Waals surface area contributed by atoms with Crippen LogP contribution >= 0.6 is 0 Å². The van der Waals surface area contributed by atoms with E-state index in [4.69, 9.17) is 0 Å². The molecule has 0 unspecified atom stereocenters. The van der Waals surface area contributed by atoms with Gasteiger partial charge in [0.25, 0.3) is 0 Å². The Labute approximate surface area is 221 Å². The Balaban J connectivity index is 1.73. The maximum Gasteiger partial charge on any atom is 0.404 e. The summed E-state index contributed by atoms with van der Waals surface area (Å²) in [7, 11) is 5.54. The molecular formula is C26H25F3N8O2. The number of hydrogen-bond acceptors (Lipinski definition) is 7. The average molecular weight is 539 g/mol. The number of nitriles is 1. The fourth-order valence-corrected chi connectivity index (χ4v) is 4.19. The molecule has 4 N–H and O–H groups in total. The quantitative estimate of drug-likeness (QED) is 0.250. The lowest BCUT2D eigenvalue weighted by molar-refractivity contribution is 0.189. The van der Waals surface area contributed by atoms with Gasteiger partial charge in [0.2, 0.25) is 0 Å². The van der Waals surface area contributed by atoms with Crippen LogP contribution in [0.15, 0.2) is 42.5 Å². The second-order valence-electron chi connectivity index (χ2n) is 9.06. The standard InChI is InChI=1S/C26H25F3N8O2/c1-13(31-26(38)39)22(14-5-7-18(27)19(28)9-14)33-24-20(29)10-15(12-30)23(34-24)32-16-6-8-21-17(11-16)25(36(2)3)35-37(21)4/h5-11,13,22,31H,1-4H3,(H,38,39)(H2,32,33,34)/t13-,22-/m0/s1. The number of carbonyl (C=O) groups is 1. The summed E-state index contributed by atoms with van der Waals surface area (Å²) < 4.78 is 44.3. The Kier molecular flexibility index (Phi) is 7.48. The van der Waals surface area contributed by atoms with Crippen LogP contribution in [0.4, 0.5) is 41.1 Å². The molecule has 13 heteroatoms. The molecule has 39 heavy (non-hydrogen) atoms. The summed E-state index contributed by atoms with van der Waals surface area (Å²) in [5.74, 6) is -2.72. The van der Waals surface area contributed by atoms with Crippen molar-refractivity contribution in [3.05, 3.63) is 71.0 Å². The van der Waals surface area contributed by atoms with Crippen LogP contribution in [-0.4, -0.2) is 46.1 Å². The summed E-state index contributed by atoms with van der Waals surface area (Å²) in [5, 5.41) is 32.2. The zero-order chi connectivity index (χ0) is 28.4. The van der Waals surface area contributed by atoms with Crippen molar-refractivity contribution >= 4 is 40.1 Å². The number of hydrogen-bond donors (Lipinski definition) is 4. The normalized spacial score (nSPS) is 12.5. The monoisotopic (exact) mass is 538 g/mol. The Morgan fingerprint density at radius 2 is 1.82 bits per heavy atom. The number of halogens is 3. The molecule has 2 aromatic heterocycles. The van der Waals surface area contributed by atoms with Gasteiger partial charge >= 0.3 is 6.09 Å². The molecule has 2 aromatic carbocycles. The lowest BCUT2D eigenvalue weighted by Crippen LogP contribution is -2.39. The average Bonchev–Trinajstić information content (AvgIpc) is 3.21. The number of aryl methyl sites for hydroxylation is 1. The number of aromatic nitrogens is 3. The predicted molar refractivity (Wildman–Crippen MR) is 141 cm³/mol. The summed E-state index contributed by atoms with van der Waals surface area (Å²) in [6, 6.07) is 9.35. The first kappa shape index (κ1) is 27.1. The highest BCUT2D eigenvalue weighted by atomic mass is 19.2. The lowest BCUT2D eigenvalue weighted by atomic mass is 10.00. The van der Waals surface area contributed by atoms with Gasteiger partial charge in [-0.05, 0) is 48.9 Å². The molecule has 0 aliphatic heterocycles.